The summed E-state index contributed by atoms with van der Waals surface area (Å²) in [4.78, 5) is 17.2. The average molecular weight is 450 g/mol. The minimum absolute atomic E-state index is 0.0662. The molecule has 1 saturated carbocycles. The molecule has 32 heavy (non-hydrogen) atoms. The number of nitrogens with zero attached hydrogens (tertiary/aromatic N) is 4. The standard InChI is InChI=1S/C25H31N5OS/c1-17(2)21-13-7-8-14-22(21)30-23(19-10-9-15-26-16-19)28-29-25(30)32-18(3)24(31)27-20-11-5-4-6-12-20/h7-10,13-18,20H,4-6,11-12H2,1-3H3,(H,27,31). The molecule has 1 fully saturated rings. The zero-order valence-corrected chi connectivity index (χ0v) is 19.8. The van der Waals surface area contributed by atoms with E-state index in [0.717, 1.165) is 29.9 Å². The van der Waals surface area contributed by atoms with Gasteiger partial charge in [-0.05, 0) is 49.4 Å². The molecule has 0 bridgehead atoms. The molecule has 1 atom stereocenters. The predicted octanol–water partition coefficient (Wildman–Crippen LogP) is 5.38. The minimum atomic E-state index is -0.271. The highest BCUT2D eigenvalue weighted by atomic mass is 32.2. The third kappa shape index (κ3) is 5.04. The van der Waals surface area contributed by atoms with Crippen molar-refractivity contribution in [2.24, 2.45) is 0 Å². The van der Waals surface area contributed by atoms with Gasteiger partial charge in [-0.15, -0.1) is 10.2 Å². The number of pyridine rings is 1. The molecule has 3 aromatic rings. The molecule has 0 saturated heterocycles. The van der Waals surface area contributed by atoms with E-state index in [1.807, 2.05) is 25.1 Å². The molecule has 1 aliphatic carbocycles. The Hall–Kier alpha value is -2.67. The van der Waals surface area contributed by atoms with Crippen molar-refractivity contribution in [1.82, 2.24) is 25.1 Å². The van der Waals surface area contributed by atoms with E-state index in [2.05, 4.69) is 57.1 Å². The Labute approximate surface area is 194 Å². The lowest BCUT2D eigenvalue weighted by Crippen LogP contribution is -2.40. The van der Waals surface area contributed by atoms with Crippen molar-refractivity contribution < 1.29 is 4.79 Å². The number of thioether (sulfide) groups is 1. The van der Waals surface area contributed by atoms with Crippen LogP contribution in [-0.4, -0.2) is 36.9 Å². The number of nitrogens with one attached hydrogen (secondary N) is 1. The van der Waals surface area contributed by atoms with Gasteiger partial charge in [0.1, 0.15) is 0 Å². The van der Waals surface area contributed by atoms with Crippen molar-refractivity contribution in [1.29, 1.82) is 0 Å². The summed E-state index contributed by atoms with van der Waals surface area (Å²) in [6, 6.07) is 12.5. The number of benzene rings is 1. The maximum absolute atomic E-state index is 12.9. The largest absolute Gasteiger partial charge is 0.352 e. The van der Waals surface area contributed by atoms with Crippen LogP contribution < -0.4 is 5.32 Å². The molecule has 0 spiro atoms. The summed E-state index contributed by atoms with van der Waals surface area (Å²) < 4.78 is 2.07. The van der Waals surface area contributed by atoms with E-state index >= 15 is 0 Å². The number of para-hydroxylation sites is 1. The first-order valence-electron chi connectivity index (χ1n) is 11.5. The lowest BCUT2D eigenvalue weighted by Gasteiger charge is -2.24. The molecule has 0 radical (unpaired) electrons. The van der Waals surface area contributed by atoms with Crippen molar-refractivity contribution in [2.45, 2.75) is 75.2 Å². The second-order valence-corrected chi connectivity index (χ2v) is 10.0. The Bertz CT molecular complexity index is 1040. The zero-order valence-electron chi connectivity index (χ0n) is 19.0. The maximum Gasteiger partial charge on any atom is 0.233 e. The molecule has 1 aliphatic rings. The fraction of sp³-hybridized carbons (Fsp3) is 0.440. The van der Waals surface area contributed by atoms with Gasteiger partial charge in [0.15, 0.2) is 11.0 Å². The third-order valence-electron chi connectivity index (χ3n) is 5.96. The Morgan fingerprint density at radius 2 is 1.84 bits per heavy atom. The smallest absolute Gasteiger partial charge is 0.233 e. The summed E-state index contributed by atoms with van der Waals surface area (Å²) in [7, 11) is 0. The number of rotatable bonds is 7. The lowest BCUT2D eigenvalue weighted by atomic mass is 9.95. The maximum atomic E-state index is 12.9. The van der Waals surface area contributed by atoms with Crippen molar-refractivity contribution >= 4 is 17.7 Å². The highest BCUT2D eigenvalue weighted by Crippen LogP contribution is 2.33. The molecule has 1 amide bonds. The van der Waals surface area contributed by atoms with Gasteiger partial charge < -0.3 is 5.32 Å². The first-order chi connectivity index (χ1) is 15.5. The molecule has 1 aromatic carbocycles. The van der Waals surface area contributed by atoms with Gasteiger partial charge in [-0.2, -0.15) is 0 Å². The molecule has 4 rings (SSSR count). The molecule has 1 unspecified atom stereocenters. The monoisotopic (exact) mass is 449 g/mol. The second kappa shape index (κ2) is 10.3. The molecule has 2 aromatic heterocycles. The van der Waals surface area contributed by atoms with E-state index in [9.17, 15) is 4.79 Å². The van der Waals surface area contributed by atoms with Gasteiger partial charge >= 0.3 is 0 Å². The van der Waals surface area contributed by atoms with Gasteiger partial charge in [0, 0.05) is 24.0 Å². The van der Waals surface area contributed by atoms with Gasteiger partial charge in [-0.25, -0.2) is 0 Å². The first kappa shape index (κ1) is 22.5. The lowest BCUT2D eigenvalue weighted by molar-refractivity contribution is -0.121. The predicted molar refractivity (Wildman–Crippen MR) is 129 cm³/mol. The highest BCUT2D eigenvalue weighted by molar-refractivity contribution is 8.00. The van der Waals surface area contributed by atoms with E-state index in [-0.39, 0.29) is 11.2 Å². The Balaban J connectivity index is 1.67. The quantitative estimate of drug-likeness (QED) is 0.490. The van der Waals surface area contributed by atoms with Crippen LogP contribution in [0.3, 0.4) is 0 Å². The number of hydrogen-bond acceptors (Lipinski definition) is 5. The van der Waals surface area contributed by atoms with Gasteiger partial charge in [0.05, 0.1) is 10.9 Å². The topological polar surface area (TPSA) is 72.7 Å². The van der Waals surface area contributed by atoms with Crippen LogP contribution in [0.5, 0.6) is 0 Å². The van der Waals surface area contributed by atoms with Crippen LogP contribution in [0.1, 0.15) is 64.4 Å². The second-order valence-electron chi connectivity index (χ2n) is 8.70. The minimum Gasteiger partial charge on any atom is -0.352 e. The van der Waals surface area contributed by atoms with Crippen LogP contribution in [0, 0.1) is 0 Å². The SMILES string of the molecule is CC(Sc1nnc(-c2cccnc2)n1-c1ccccc1C(C)C)C(=O)NC1CCCCC1. The van der Waals surface area contributed by atoms with Crippen LogP contribution >= 0.6 is 11.8 Å². The molecule has 168 valence electrons. The summed E-state index contributed by atoms with van der Waals surface area (Å²) in [5.41, 5.74) is 3.14. The molecule has 7 heteroatoms. The van der Waals surface area contributed by atoms with Crippen molar-refractivity contribution in [2.75, 3.05) is 0 Å². The van der Waals surface area contributed by atoms with E-state index in [0.29, 0.717) is 17.1 Å². The highest BCUT2D eigenvalue weighted by Gasteiger charge is 2.25. The van der Waals surface area contributed by atoms with Gasteiger partial charge in [0.25, 0.3) is 0 Å². The number of aromatic nitrogens is 4. The third-order valence-corrected chi connectivity index (χ3v) is 7.00. The van der Waals surface area contributed by atoms with E-state index in [1.165, 1.54) is 36.6 Å². The van der Waals surface area contributed by atoms with E-state index in [1.54, 1.807) is 12.4 Å². The summed E-state index contributed by atoms with van der Waals surface area (Å²) in [5.74, 6) is 1.13. The van der Waals surface area contributed by atoms with Crippen LogP contribution in [0.25, 0.3) is 17.1 Å². The average Bonchev–Trinajstić information content (AvgIpc) is 3.23. The molecular weight excluding hydrogens is 418 g/mol. The number of amides is 1. The first-order valence-corrected chi connectivity index (χ1v) is 12.3. The number of hydrogen-bond donors (Lipinski definition) is 1. The number of carbonyl (C=O) groups is 1. The van der Waals surface area contributed by atoms with Gasteiger partial charge in [-0.1, -0.05) is 63.1 Å². The van der Waals surface area contributed by atoms with Crippen molar-refractivity contribution in [3.05, 3.63) is 54.4 Å². The molecular formula is C25H31N5OS. The van der Waals surface area contributed by atoms with Crippen LogP contribution in [0.2, 0.25) is 0 Å². The molecule has 0 aliphatic heterocycles. The molecule has 1 N–H and O–H groups in total. The normalized spacial score (nSPS) is 15.6. The number of carbonyl (C=O) groups excluding carboxylic acids is 1. The summed E-state index contributed by atoms with van der Waals surface area (Å²) in [6.45, 7) is 6.31. The Morgan fingerprint density at radius 3 is 2.56 bits per heavy atom. The Morgan fingerprint density at radius 1 is 1.06 bits per heavy atom. The van der Waals surface area contributed by atoms with Crippen LogP contribution in [0.4, 0.5) is 0 Å². The summed E-state index contributed by atoms with van der Waals surface area (Å²) in [6.07, 6.45) is 9.36. The zero-order chi connectivity index (χ0) is 22.5. The Kier molecular flexibility index (Phi) is 7.25. The fourth-order valence-corrected chi connectivity index (χ4v) is 5.07. The van der Waals surface area contributed by atoms with Gasteiger partial charge in [0.2, 0.25) is 5.91 Å². The van der Waals surface area contributed by atoms with Crippen molar-refractivity contribution in [3.8, 4) is 17.1 Å². The van der Waals surface area contributed by atoms with E-state index < -0.39 is 0 Å². The van der Waals surface area contributed by atoms with Crippen LogP contribution in [-0.2, 0) is 4.79 Å². The summed E-state index contributed by atoms with van der Waals surface area (Å²) in [5, 5.41) is 12.7. The molecule has 2 heterocycles. The summed E-state index contributed by atoms with van der Waals surface area (Å²) >= 11 is 1.45. The van der Waals surface area contributed by atoms with Crippen molar-refractivity contribution in [3.63, 3.8) is 0 Å². The van der Waals surface area contributed by atoms with Crippen LogP contribution in [0.15, 0.2) is 53.9 Å². The fourth-order valence-electron chi connectivity index (χ4n) is 4.20. The van der Waals surface area contributed by atoms with Gasteiger partial charge in [-0.3, -0.25) is 14.3 Å². The molecule has 6 nitrogen and oxygen atoms in total. The van der Waals surface area contributed by atoms with E-state index in [4.69, 9.17) is 0 Å².